The molecular weight excluding hydrogens is 144 g/mol. The lowest BCUT2D eigenvalue weighted by Gasteiger charge is -2.08. The van der Waals surface area contributed by atoms with Crippen LogP contribution in [0.15, 0.2) is 4.99 Å². The van der Waals surface area contributed by atoms with E-state index >= 15 is 0 Å². The van der Waals surface area contributed by atoms with Crippen LogP contribution < -0.4 is 0 Å². The van der Waals surface area contributed by atoms with Crippen LogP contribution in [-0.4, -0.2) is 51.4 Å². The zero-order valence-corrected chi connectivity index (χ0v) is 7.04. The van der Waals surface area contributed by atoms with E-state index in [0.717, 1.165) is 6.54 Å². The average Bonchev–Trinajstić information content (AvgIpc) is 1.96. The Labute approximate surface area is 66.9 Å². The summed E-state index contributed by atoms with van der Waals surface area (Å²) in [6.07, 6.45) is 1.45. The second kappa shape index (κ2) is 7.41. The van der Waals surface area contributed by atoms with Crippen molar-refractivity contribution in [3.8, 4) is 0 Å². The first-order valence-electron chi connectivity index (χ1n) is 3.53. The van der Waals surface area contributed by atoms with Crippen LogP contribution in [0.25, 0.3) is 0 Å². The smallest absolute Gasteiger partial charge is 0.235 e. The number of likely N-dealkylation sites (N-methyl/N-ethyl adjacent to an activating group) is 1. The van der Waals surface area contributed by atoms with Crippen molar-refractivity contribution in [2.24, 2.45) is 4.99 Å². The molecule has 0 atom stereocenters. The Kier molecular flexibility index (Phi) is 6.94. The minimum absolute atomic E-state index is 0.414. The van der Waals surface area contributed by atoms with Crippen LogP contribution in [0.3, 0.4) is 0 Å². The van der Waals surface area contributed by atoms with E-state index in [9.17, 15) is 4.79 Å². The second-order valence-electron chi connectivity index (χ2n) is 2.39. The monoisotopic (exact) mass is 158 g/mol. The molecule has 11 heavy (non-hydrogen) atoms. The number of rotatable bonds is 6. The van der Waals surface area contributed by atoms with Crippen LogP contribution in [-0.2, 0) is 9.53 Å². The normalized spacial score (nSPS) is 9.73. The quantitative estimate of drug-likeness (QED) is 0.308. The van der Waals surface area contributed by atoms with Crippen molar-refractivity contribution in [3.05, 3.63) is 0 Å². The van der Waals surface area contributed by atoms with Crippen molar-refractivity contribution < 1.29 is 9.53 Å². The number of hydrogen-bond donors (Lipinski definition) is 0. The third-order valence-electron chi connectivity index (χ3n) is 1.09. The van der Waals surface area contributed by atoms with Gasteiger partial charge in [-0.2, -0.15) is 0 Å². The minimum atomic E-state index is 0.414. The highest BCUT2D eigenvalue weighted by molar-refractivity contribution is 5.32. The van der Waals surface area contributed by atoms with Gasteiger partial charge in [0.05, 0.1) is 19.8 Å². The van der Waals surface area contributed by atoms with E-state index in [0.29, 0.717) is 19.8 Å². The predicted molar refractivity (Wildman–Crippen MR) is 42.4 cm³/mol. The van der Waals surface area contributed by atoms with Gasteiger partial charge in [0.15, 0.2) is 0 Å². The highest BCUT2D eigenvalue weighted by Gasteiger charge is 1.89. The van der Waals surface area contributed by atoms with E-state index in [-0.39, 0.29) is 0 Å². The molecule has 0 spiro atoms. The fraction of sp³-hybridized carbons (Fsp3) is 0.857. The molecule has 0 aromatic heterocycles. The number of nitrogens with zero attached hydrogens (tertiary/aromatic N) is 2. The Morgan fingerprint density at radius 2 is 2.18 bits per heavy atom. The third kappa shape index (κ3) is 9.30. The molecule has 0 unspecified atom stereocenters. The summed E-state index contributed by atoms with van der Waals surface area (Å²) in [6.45, 7) is 2.49. The van der Waals surface area contributed by atoms with Crippen molar-refractivity contribution in [1.82, 2.24) is 4.90 Å². The average molecular weight is 158 g/mol. The van der Waals surface area contributed by atoms with Gasteiger partial charge in [-0.05, 0) is 14.1 Å². The van der Waals surface area contributed by atoms with Crippen molar-refractivity contribution in [2.45, 2.75) is 0 Å². The zero-order chi connectivity index (χ0) is 8.53. The van der Waals surface area contributed by atoms with Gasteiger partial charge < -0.3 is 9.64 Å². The van der Waals surface area contributed by atoms with Gasteiger partial charge in [-0.15, -0.1) is 0 Å². The van der Waals surface area contributed by atoms with Crippen molar-refractivity contribution >= 4 is 6.08 Å². The molecule has 0 heterocycles. The summed E-state index contributed by atoms with van der Waals surface area (Å²) in [7, 11) is 3.96. The van der Waals surface area contributed by atoms with Gasteiger partial charge in [0.2, 0.25) is 6.08 Å². The molecular formula is C7H14N2O2. The fourth-order valence-corrected chi connectivity index (χ4v) is 0.505. The maximum absolute atomic E-state index is 9.59. The fourth-order valence-electron chi connectivity index (χ4n) is 0.505. The molecule has 0 saturated heterocycles. The summed E-state index contributed by atoms with van der Waals surface area (Å²) >= 11 is 0. The number of ether oxygens (including phenoxy) is 1. The first kappa shape index (κ1) is 10.3. The van der Waals surface area contributed by atoms with Gasteiger partial charge in [-0.1, -0.05) is 0 Å². The van der Waals surface area contributed by atoms with Gasteiger partial charge in [-0.3, -0.25) is 0 Å². The Morgan fingerprint density at radius 3 is 2.73 bits per heavy atom. The largest absolute Gasteiger partial charge is 0.378 e. The van der Waals surface area contributed by atoms with Crippen molar-refractivity contribution in [2.75, 3.05) is 40.4 Å². The van der Waals surface area contributed by atoms with E-state index in [1.165, 1.54) is 6.08 Å². The Morgan fingerprint density at radius 1 is 1.45 bits per heavy atom. The van der Waals surface area contributed by atoms with Crippen LogP contribution in [0.2, 0.25) is 0 Å². The number of isocyanates is 1. The van der Waals surface area contributed by atoms with Gasteiger partial charge in [0.1, 0.15) is 0 Å². The molecule has 64 valence electrons. The first-order chi connectivity index (χ1) is 5.27. The number of hydrogen-bond acceptors (Lipinski definition) is 4. The summed E-state index contributed by atoms with van der Waals surface area (Å²) in [5, 5.41) is 0. The molecule has 0 fully saturated rings. The predicted octanol–water partition coefficient (Wildman–Crippen LogP) is -0.0996. The summed E-state index contributed by atoms with van der Waals surface area (Å²) < 4.78 is 5.13. The molecule has 0 rings (SSSR count). The SMILES string of the molecule is CN(C)CCOCCN=C=O. The molecule has 0 aliphatic heterocycles. The van der Waals surface area contributed by atoms with E-state index in [1.54, 1.807) is 0 Å². The maximum Gasteiger partial charge on any atom is 0.235 e. The first-order valence-corrected chi connectivity index (χ1v) is 3.53. The molecule has 0 aliphatic carbocycles. The molecule has 0 amide bonds. The molecule has 0 aromatic rings. The highest BCUT2D eigenvalue weighted by Crippen LogP contribution is 1.78. The Hall–Kier alpha value is -0.700. The van der Waals surface area contributed by atoms with E-state index in [4.69, 9.17) is 4.74 Å². The van der Waals surface area contributed by atoms with Crippen molar-refractivity contribution in [1.29, 1.82) is 0 Å². The second-order valence-corrected chi connectivity index (χ2v) is 2.39. The summed E-state index contributed by atoms with van der Waals surface area (Å²) in [6, 6.07) is 0. The Bertz CT molecular complexity index is 130. The van der Waals surface area contributed by atoms with Gasteiger partial charge in [0, 0.05) is 6.54 Å². The lowest BCUT2D eigenvalue weighted by molar-refractivity contribution is 0.124. The topological polar surface area (TPSA) is 41.9 Å². The molecule has 0 bridgehead atoms. The Balaban J connectivity index is 2.96. The van der Waals surface area contributed by atoms with Crippen LogP contribution in [0.4, 0.5) is 0 Å². The summed E-state index contributed by atoms with van der Waals surface area (Å²) in [4.78, 5) is 15.0. The van der Waals surface area contributed by atoms with Crippen molar-refractivity contribution in [3.63, 3.8) is 0 Å². The zero-order valence-electron chi connectivity index (χ0n) is 7.04. The van der Waals surface area contributed by atoms with Gasteiger partial charge in [0.25, 0.3) is 0 Å². The number of aliphatic imine (C=N–C) groups is 1. The molecule has 0 aromatic carbocycles. The van der Waals surface area contributed by atoms with E-state index in [2.05, 4.69) is 4.99 Å². The standard InChI is InChI=1S/C7H14N2O2/c1-9(2)4-6-11-5-3-8-7-10/h3-6H2,1-2H3. The van der Waals surface area contributed by atoms with E-state index < -0.39 is 0 Å². The van der Waals surface area contributed by atoms with Crippen LogP contribution in [0.1, 0.15) is 0 Å². The minimum Gasteiger partial charge on any atom is -0.378 e. The van der Waals surface area contributed by atoms with Gasteiger partial charge in [-0.25, -0.2) is 9.79 Å². The molecule has 4 nitrogen and oxygen atoms in total. The highest BCUT2D eigenvalue weighted by atomic mass is 16.5. The number of carbonyl (C=O) groups excluding carboxylic acids is 1. The molecule has 0 saturated carbocycles. The lowest BCUT2D eigenvalue weighted by atomic mass is 10.6. The third-order valence-corrected chi connectivity index (χ3v) is 1.09. The van der Waals surface area contributed by atoms with Gasteiger partial charge >= 0.3 is 0 Å². The molecule has 0 aliphatic rings. The van der Waals surface area contributed by atoms with Crippen LogP contribution >= 0.6 is 0 Å². The van der Waals surface area contributed by atoms with Crippen LogP contribution in [0.5, 0.6) is 0 Å². The van der Waals surface area contributed by atoms with Crippen LogP contribution in [0, 0.1) is 0 Å². The summed E-state index contributed by atoms with van der Waals surface area (Å²) in [5.41, 5.74) is 0. The molecule has 4 heteroatoms. The molecule has 0 radical (unpaired) electrons. The lowest BCUT2D eigenvalue weighted by Crippen LogP contribution is -2.18. The maximum atomic E-state index is 9.59. The summed E-state index contributed by atoms with van der Waals surface area (Å²) in [5.74, 6) is 0. The molecule has 0 N–H and O–H groups in total. The van der Waals surface area contributed by atoms with E-state index in [1.807, 2.05) is 19.0 Å².